The zero-order valence-electron chi connectivity index (χ0n) is 16.5. The van der Waals surface area contributed by atoms with Gasteiger partial charge in [0.05, 0.1) is 23.3 Å². The zero-order chi connectivity index (χ0) is 20.9. The van der Waals surface area contributed by atoms with E-state index < -0.39 is 0 Å². The summed E-state index contributed by atoms with van der Waals surface area (Å²) in [5, 5.41) is 0.829. The maximum absolute atomic E-state index is 13.2. The molecule has 2 heterocycles. The fraction of sp³-hybridized carbons (Fsp3) is 0.125. The summed E-state index contributed by atoms with van der Waals surface area (Å²) in [6, 6.07) is 21.0. The van der Waals surface area contributed by atoms with Gasteiger partial charge in [0.25, 0.3) is 5.91 Å². The highest BCUT2D eigenvalue weighted by Gasteiger charge is 2.17. The van der Waals surface area contributed by atoms with E-state index in [0.717, 1.165) is 32.4 Å². The second-order valence-corrected chi connectivity index (χ2v) is 7.76. The summed E-state index contributed by atoms with van der Waals surface area (Å²) < 4.78 is 6.76. The van der Waals surface area contributed by atoms with Crippen LogP contribution < -0.4 is 4.74 Å². The van der Waals surface area contributed by atoms with Gasteiger partial charge in [-0.1, -0.05) is 34.1 Å². The SMILES string of the molecule is CN(CCOc1ccc(Br)cc1)C(=O)c1cc(-c2cccnc2)nc2ccccc12. The smallest absolute Gasteiger partial charge is 0.254 e. The molecule has 150 valence electrons. The van der Waals surface area contributed by atoms with Crippen LogP contribution in [0.2, 0.25) is 0 Å². The Morgan fingerprint density at radius 3 is 2.63 bits per heavy atom. The predicted molar refractivity (Wildman–Crippen MR) is 122 cm³/mol. The molecule has 0 atom stereocenters. The molecule has 0 fully saturated rings. The number of halogens is 1. The lowest BCUT2D eigenvalue weighted by Gasteiger charge is -2.19. The number of para-hydroxylation sites is 1. The fourth-order valence-electron chi connectivity index (χ4n) is 3.15. The molecule has 5 nitrogen and oxygen atoms in total. The molecule has 0 saturated carbocycles. The van der Waals surface area contributed by atoms with Crippen molar-refractivity contribution in [1.82, 2.24) is 14.9 Å². The Morgan fingerprint density at radius 1 is 1.07 bits per heavy atom. The van der Waals surface area contributed by atoms with Gasteiger partial charge in [-0.2, -0.15) is 0 Å². The first-order valence-electron chi connectivity index (χ1n) is 9.56. The minimum Gasteiger partial charge on any atom is -0.492 e. The van der Waals surface area contributed by atoms with E-state index >= 15 is 0 Å². The topological polar surface area (TPSA) is 55.3 Å². The summed E-state index contributed by atoms with van der Waals surface area (Å²) in [6.45, 7) is 0.871. The van der Waals surface area contributed by atoms with Gasteiger partial charge in [0, 0.05) is 34.9 Å². The number of benzene rings is 2. The molecule has 0 radical (unpaired) electrons. The van der Waals surface area contributed by atoms with Crippen molar-refractivity contribution in [2.75, 3.05) is 20.2 Å². The lowest BCUT2D eigenvalue weighted by atomic mass is 10.0. The van der Waals surface area contributed by atoms with Crippen molar-refractivity contribution in [3.63, 3.8) is 0 Å². The van der Waals surface area contributed by atoms with E-state index in [2.05, 4.69) is 20.9 Å². The number of rotatable bonds is 6. The lowest BCUT2D eigenvalue weighted by molar-refractivity contribution is 0.0775. The third-order valence-corrected chi connectivity index (χ3v) is 5.29. The summed E-state index contributed by atoms with van der Waals surface area (Å²) in [5.41, 5.74) is 3.00. The van der Waals surface area contributed by atoms with Crippen LogP contribution in [0.1, 0.15) is 10.4 Å². The first kappa shape index (κ1) is 20.0. The van der Waals surface area contributed by atoms with Crippen LogP contribution in [-0.4, -0.2) is 41.0 Å². The van der Waals surface area contributed by atoms with E-state index in [9.17, 15) is 4.79 Å². The number of likely N-dealkylation sites (N-methyl/N-ethyl adjacent to an activating group) is 1. The van der Waals surface area contributed by atoms with E-state index in [-0.39, 0.29) is 5.91 Å². The van der Waals surface area contributed by atoms with Crippen LogP contribution in [0.5, 0.6) is 5.75 Å². The van der Waals surface area contributed by atoms with Gasteiger partial charge < -0.3 is 9.64 Å². The number of amides is 1. The Kier molecular flexibility index (Phi) is 6.05. The molecule has 0 spiro atoms. The van der Waals surface area contributed by atoms with Crippen molar-refractivity contribution in [1.29, 1.82) is 0 Å². The third kappa shape index (κ3) is 4.49. The summed E-state index contributed by atoms with van der Waals surface area (Å²) in [4.78, 5) is 23.8. The highest BCUT2D eigenvalue weighted by Crippen LogP contribution is 2.25. The van der Waals surface area contributed by atoms with Crippen LogP contribution in [0.4, 0.5) is 0 Å². The highest BCUT2D eigenvalue weighted by molar-refractivity contribution is 9.10. The molecule has 0 aliphatic rings. The van der Waals surface area contributed by atoms with E-state index in [1.54, 1.807) is 24.3 Å². The van der Waals surface area contributed by atoms with Gasteiger partial charge in [0.2, 0.25) is 0 Å². The quantitative estimate of drug-likeness (QED) is 0.395. The van der Waals surface area contributed by atoms with Crippen LogP contribution in [0, 0.1) is 0 Å². The van der Waals surface area contributed by atoms with Crippen LogP contribution in [0.25, 0.3) is 22.2 Å². The average Bonchev–Trinajstić information content (AvgIpc) is 2.79. The second kappa shape index (κ2) is 9.05. The Labute approximate surface area is 183 Å². The van der Waals surface area contributed by atoms with Gasteiger partial charge in [-0.15, -0.1) is 0 Å². The Hall–Kier alpha value is -3.25. The summed E-state index contributed by atoms with van der Waals surface area (Å²) in [6.07, 6.45) is 3.47. The molecular formula is C24H20BrN3O2. The molecule has 0 aliphatic carbocycles. The number of nitrogens with zero attached hydrogens (tertiary/aromatic N) is 3. The molecule has 2 aromatic heterocycles. The standard InChI is InChI=1S/C24H20BrN3O2/c1-28(13-14-30-19-10-8-18(25)9-11-19)24(29)21-15-23(17-5-4-12-26-16-17)27-22-7-3-2-6-20(21)22/h2-12,15-16H,13-14H2,1H3. The molecule has 0 bridgehead atoms. The van der Waals surface area contributed by atoms with Gasteiger partial charge in [-0.3, -0.25) is 9.78 Å². The van der Waals surface area contributed by atoms with Crippen molar-refractivity contribution in [3.05, 3.63) is 89.2 Å². The fourth-order valence-corrected chi connectivity index (χ4v) is 3.42. The normalized spacial score (nSPS) is 10.7. The number of hydrogen-bond donors (Lipinski definition) is 0. The molecule has 0 N–H and O–H groups in total. The largest absolute Gasteiger partial charge is 0.492 e. The van der Waals surface area contributed by atoms with E-state index in [1.807, 2.05) is 66.7 Å². The van der Waals surface area contributed by atoms with Crippen LogP contribution in [0.15, 0.2) is 83.6 Å². The number of ether oxygens (including phenoxy) is 1. The van der Waals surface area contributed by atoms with Crippen molar-refractivity contribution in [2.24, 2.45) is 0 Å². The maximum atomic E-state index is 13.2. The number of carbonyl (C=O) groups excluding carboxylic acids is 1. The predicted octanol–water partition coefficient (Wildman–Crippen LogP) is 5.21. The summed E-state index contributed by atoms with van der Waals surface area (Å²) >= 11 is 3.41. The van der Waals surface area contributed by atoms with Crippen molar-refractivity contribution in [2.45, 2.75) is 0 Å². The monoisotopic (exact) mass is 461 g/mol. The molecule has 0 unspecified atom stereocenters. The van der Waals surface area contributed by atoms with Gasteiger partial charge in [0.1, 0.15) is 12.4 Å². The highest BCUT2D eigenvalue weighted by atomic mass is 79.9. The third-order valence-electron chi connectivity index (χ3n) is 4.76. The molecule has 4 aromatic rings. The molecule has 0 saturated heterocycles. The number of pyridine rings is 2. The van der Waals surface area contributed by atoms with Crippen molar-refractivity contribution < 1.29 is 9.53 Å². The molecule has 2 aromatic carbocycles. The zero-order valence-corrected chi connectivity index (χ0v) is 18.0. The number of fused-ring (bicyclic) bond motifs is 1. The second-order valence-electron chi connectivity index (χ2n) is 6.84. The molecule has 6 heteroatoms. The van der Waals surface area contributed by atoms with Crippen LogP contribution in [-0.2, 0) is 0 Å². The minimum absolute atomic E-state index is 0.0712. The number of hydrogen-bond acceptors (Lipinski definition) is 4. The van der Waals surface area contributed by atoms with Crippen molar-refractivity contribution >= 4 is 32.7 Å². The van der Waals surface area contributed by atoms with Gasteiger partial charge >= 0.3 is 0 Å². The summed E-state index contributed by atoms with van der Waals surface area (Å²) in [5.74, 6) is 0.699. The lowest BCUT2D eigenvalue weighted by Crippen LogP contribution is -2.31. The number of carbonyl (C=O) groups is 1. The van der Waals surface area contributed by atoms with Gasteiger partial charge in [-0.05, 0) is 48.5 Å². The van der Waals surface area contributed by atoms with Gasteiger partial charge in [0.15, 0.2) is 0 Å². The molecular weight excluding hydrogens is 442 g/mol. The van der Waals surface area contributed by atoms with Crippen LogP contribution >= 0.6 is 15.9 Å². The number of aromatic nitrogens is 2. The first-order valence-corrected chi connectivity index (χ1v) is 10.3. The van der Waals surface area contributed by atoms with E-state index in [4.69, 9.17) is 9.72 Å². The van der Waals surface area contributed by atoms with Crippen molar-refractivity contribution in [3.8, 4) is 17.0 Å². The average molecular weight is 462 g/mol. The molecule has 4 rings (SSSR count). The van der Waals surface area contributed by atoms with E-state index in [1.165, 1.54) is 0 Å². The molecule has 1 amide bonds. The van der Waals surface area contributed by atoms with Crippen LogP contribution in [0.3, 0.4) is 0 Å². The van der Waals surface area contributed by atoms with E-state index in [0.29, 0.717) is 18.7 Å². The Balaban J connectivity index is 1.56. The first-order chi connectivity index (χ1) is 14.6. The Morgan fingerprint density at radius 2 is 1.87 bits per heavy atom. The van der Waals surface area contributed by atoms with Gasteiger partial charge in [-0.25, -0.2) is 4.98 Å². The molecule has 30 heavy (non-hydrogen) atoms. The minimum atomic E-state index is -0.0712. The molecule has 0 aliphatic heterocycles. The summed E-state index contributed by atoms with van der Waals surface area (Å²) in [7, 11) is 1.78. The maximum Gasteiger partial charge on any atom is 0.254 e. The Bertz CT molecular complexity index is 1160.